The van der Waals surface area contributed by atoms with Crippen molar-refractivity contribution < 1.29 is 4.74 Å². The van der Waals surface area contributed by atoms with Crippen LogP contribution in [-0.2, 0) is 11.3 Å². The second-order valence-electron chi connectivity index (χ2n) is 5.34. The zero-order valence-corrected chi connectivity index (χ0v) is 13.1. The van der Waals surface area contributed by atoms with Crippen molar-refractivity contribution in [1.29, 1.82) is 0 Å². The molecule has 94 valence electrons. The maximum atomic E-state index is 5.32. The van der Waals surface area contributed by atoms with Gasteiger partial charge in [0.2, 0.25) is 0 Å². The number of hydrogen-bond acceptors (Lipinski definition) is 2. The minimum atomic E-state index is -1.33. The summed E-state index contributed by atoms with van der Waals surface area (Å²) in [6, 6.07) is 8.45. The minimum Gasteiger partial charge on any atom is -0.380 e. The second-order valence-corrected chi connectivity index (χ2v) is 11.1. The van der Waals surface area contributed by atoms with Gasteiger partial charge in [-0.15, -0.1) is 16.9 Å². The summed E-state index contributed by atoms with van der Waals surface area (Å²) in [4.78, 5) is 1.17. The van der Waals surface area contributed by atoms with E-state index < -0.39 is 8.07 Å². The number of hydrogen-bond donors (Lipinski definition) is 0. The highest BCUT2D eigenvalue weighted by Crippen LogP contribution is 2.31. The third-order valence-electron chi connectivity index (χ3n) is 2.54. The normalized spacial score (nSPS) is 11.3. The molecule has 0 saturated heterocycles. The summed E-state index contributed by atoms with van der Waals surface area (Å²) < 4.78 is 6.61. The molecule has 0 N–H and O–H groups in total. The van der Waals surface area contributed by atoms with Gasteiger partial charge in [0, 0.05) is 17.4 Å². The molecule has 0 amide bonds. The van der Waals surface area contributed by atoms with Crippen LogP contribution in [0.4, 0.5) is 0 Å². The van der Waals surface area contributed by atoms with E-state index in [2.05, 4.69) is 55.4 Å². The summed E-state index contributed by atoms with van der Waals surface area (Å²) in [5.41, 5.74) is 4.68. The van der Waals surface area contributed by atoms with Gasteiger partial charge in [0.1, 0.15) is 8.07 Å². The summed E-state index contributed by atoms with van der Waals surface area (Å²) in [7, 11) is 0.408. The molecule has 0 bridgehead atoms. The molecule has 3 heteroatoms. The monoisotopic (exact) mass is 274 g/mol. The minimum absolute atomic E-state index is 0.639. The fourth-order valence-electron chi connectivity index (χ4n) is 1.73. The molecule has 0 unspecified atom stereocenters. The van der Waals surface area contributed by atoms with Gasteiger partial charge in [0.05, 0.1) is 11.5 Å². The number of thiophene rings is 1. The molecule has 0 atom stereocenters. The lowest BCUT2D eigenvalue weighted by Gasteiger charge is -2.03. The van der Waals surface area contributed by atoms with Gasteiger partial charge >= 0.3 is 0 Å². The van der Waals surface area contributed by atoms with Crippen LogP contribution >= 0.6 is 11.3 Å². The molecule has 2 rings (SSSR count). The molecule has 0 aliphatic rings. The van der Waals surface area contributed by atoms with Gasteiger partial charge in [-0.3, -0.25) is 0 Å². The van der Waals surface area contributed by atoms with Crippen LogP contribution < -0.4 is 0 Å². The Morgan fingerprint density at radius 3 is 2.61 bits per heavy atom. The van der Waals surface area contributed by atoms with E-state index in [-0.39, 0.29) is 0 Å². The fourth-order valence-corrected chi connectivity index (χ4v) is 3.38. The van der Waals surface area contributed by atoms with Crippen molar-refractivity contribution in [3.63, 3.8) is 0 Å². The molecular weight excluding hydrogens is 256 g/mol. The highest BCUT2D eigenvalue weighted by molar-refractivity contribution is 7.19. The first-order valence-electron chi connectivity index (χ1n) is 6.04. The zero-order valence-electron chi connectivity index (χ0n) is 11.3. The van der Waals surface area contributed by atoms with Gasteiger partial charge < -0.3 is 4.74 Å². The number of fused-ring (bicyclic) bond motifs is 1. The Morgan fingerprint density at radius 2 is 1.94 bits per heavy atom. The van der Waals surface area contributed by atoms with E-state index in [4.69, 9.17) is 4.74 Å². The molecule has 1 nitrogen and oxygen atoms in total. The van der Waals surface area contributed by atoms with E-state index in [0.717, 1.165) is 0 Å². The van der Waals surface area contributed by atoms with E-state index in [1.54, 1.807) is 18.4 Å². The molecule has 0 aliphatic heterocycles. The first-order chi connectivity index (χ1) is 8.51. The van der Waals surface area contributed by atoms with Crippen LogP contribution in [0.5, 0.6) is 0 Å². The van der Waals surface area contributed by atoms with Crippen molar-refractivity contribution in [1.82, 2.24) is 0 Å². The summed E-state index contributed by atoms with van der Waals surface area (Å²) >= 11 is 1.77. The summed E-state index contributed by atoms with van der Waals surface area (Å²) in [6.07, 6.45) is 0. The highest BCUT2D eigenvalue weighted by atomic mass is 32.1. The molecule has 2 aromatic rings. The van der Waals surface area contributed by atoms with Gasteiger partial charge in [0.25, 0.3) is 0 Å². The molecule has 0 fully saturated rings. The van der Waals surface area contributed by atoms with Crippen LogP contribution in [0.2, 0.25) is 19.6 Å². The molecular formula is C15H18OSSi. The van der Waals surface area contributed by atoms with Crippen LogP contribution in [0.3, 0.4) is 0 Å². The van der Waals surface area contributed by atoms with Crippen molar-refractivity contribution in [2.45, 2.75) is 26.2 Å². The van der Waals surface area contributed by atoms with Gasteiger partial charge in [-0.25, -0.2) is 0 Å². The summed E-state index contributed by atoms with van der Waals surface area (Å²) in [5, 5.41) is 1.28. The predicted octanol–water partition coefficient (Wildman–Crippen LogP) is 4.28. The quantitative estimate of drug-likeness (QED) is 0.587. The summed E-state index contributed by atoms with van der Waals surface area (Å²) in [6.45, 7) is 7.44. The summed E-state index contributed by atoms with van der Waals surface area (Å²) in [5.74, 6) is 3.38. The second kappa shape index (κ2) is 5.27. The maximum Gasteiger partial charge on any atom is 0.129 e. The van der Waals surface area contributed by atoms with Crippen molar-refractivity contribution >= 4 is 29.5 Å². The molecule has 1 aromatic carbocycles. The van der Waals surface area contributed by atoms with Crippen LogP contribution in [0.25, 0.3) is 10.1 Å². The Kier molecular flexibility index (Phi) is 3.91. The van der Waals surface area contributed by atoms with E-state index in [1.807, 2.05) is 0 Å². The lowest BCUT2D eigenvalue weighted by Crippen LogP contribution is -2.16. The van der Waals surface area contributed by atoms with Crippen LogP contribution in [0.15, 0.2) is 24.3 Å². The third-order valence-corrected chi connectivity index (χ3v) is 4.54. The average molecular weight is 274 g/mol. The molecule has 1 aromatic heterocycles. The van der Waals surface area contributed by atoms with Crippen LogP contribution in [0, 0.1) is 11.5 Å². The molecule has 0 spiro atoms. The predicted molar refractivity (Wildman–Crippen MR) is 82.8 cm³/mol. The molecule has 0 aliphatic carbocycles. The van der Waals surface area contributed by atoms with Gasteiger partial charge in [-0.05, 0) is 11.5 Å². The third kappa shape index (κ3) is 3.02. The zero-order chi connectivity index (χ0) is 13.2. The molecule has 18 heavy (non-hydrogen) atoms. The number of benzene rings is 1. The number of methoxy groups -OCH3 is 1. The van der Waals surface area contributed by atoms with E-state index >= 15 is 0 Å². The first kappa shape index (κ1) is 13.4. The Balaban J connectivity index is 2.54. The Hall–Kier alpha value is -1.08. The largest absolute Gasteiger partial charge is 0.380 e. The van der Waals surface area contributed by atoms with Gasteiger partial charge in [0.15, 0.2) is 0 Å². The lowest BCUT2D eigenvalue weighted by molar-refractivity contribution is 0.186. The number of ether oxygens (including phenoxy) is 1. The molecule has 1 heterocycles. The van der Waals surface area contributed by atoms with Crippen molar-refractivity contribution in [3.05, 3.63) is 34.7 Å². The fraction of sp³-hybridized carbons (Fsp3) is 0.333. The van der Waals surface area contributed by atoms with E-state index in [1.165, 1.54) is 20.5 Å². The standard InChI is InChI=1S/C15H18OSSi/c1-16-11-13-12-7-5-6-8-14(12)17-15(13)9-10-18(2,3)4/h5-8H,11H2,1-4H3. The van der Waals surface area contributed by atoms with Crippen molar-refractivity contribution in [2.75, 3.05) is 7.11 Å². The SMILES string of the molecule is COCc1c(C#C[Si](C)(C)C)sc2ccccc12. The van der Waals surface area contributed by atoms with Crippen molar-refractivity contribution in [3.8, 4) is 11.5 Å². The average Bonchev–Trinajstić information content (AvgIpc) is 2.65. The maximum absolute atomic E-state index is 5.32. The molecule has 0 saturated carbocycles. The lowest BCUT2D eigenvalue weighted by atomic mass is 10.1. The van der Waals surface area contributed by atoms with Crippen molar-refractivity contribution in [2.24, 2.45) is 0 Å². The first-order valence-corrected chi connectivity index (χ1v) is 10.4. The topological polar surface area (TPSA) is 9.23 Å². The molecule has 0 radical (unpaired) electrons. The smallest absolute Gasteiger partial charge is 0.129 e. The Bertz CT molecular complexity index is 611. The van der Waals surface area contributed by atoms with Gasteiger partial charge in [-0.1, -0.05) is 43.8 Å². The highest BCUT2D eigenvalue weighted by Gasteiger charge is 2.12. The van der Waals surface area contributed by atoms with Crippen LogP contribution in [-0.4, -0.2) is 15.2 Å². The number of rotatable bonds is 2. The van der Waals surface area contributed by atoms with E-state index in [0.29, 0.717) is 6.61 Å². The Labute approximate surface area is 114 Å². The van der Waals surface area contributed by atoms with Gasteiger partial charge in [-0.2, -0.15) is 0 Å². The van der Waals surface area contributed by atoms with E-state index in [9.17, 15) is 0 Å². The Morgan fingerprint density at radius 1 is 1.22 bits per heavy atom. The van der Waals surface area contributed by atoms with Crippen LogP contribution in [0.1, 0.15) is 10.4 Å².